The van der Waals surface area contributed by atoms with E-state index in [1.165, 1.54) is 13.0 Å². The van der Waals surface area contributed by atoms with E-state index in [0.29, 0.717) is 0 Å². The summed E-state index contributed by atoms with van der Waals surface area (Å²) in [4.78, 5) is 12.7. The van der Waals surface area contributed by atoms with E-state index in [9.17, 15) is 36.4 Å². The molecule has 112 valence electrons. The molecule has 0 amide bonds. The highest BCUT2D eigenvalue weighted by atomic mass is 16.1. The smallest absolute Gasteiger partial charge is 0.195 e. The number of benzene rings is 1. The van der Waals surface area contributed by atoms with Crippen LogP contribution in [-0.4, -0.2) is 5.78 Å². The Balaban J connectivity index is 3.33. The van der Waals surface area contributed by atoms with Crippen LogP contribution < -0.4 is 0 Å². The normalized spacial score (nSPS) is 12.8. The van der Waals surface area contributed by atoms with Crippen molar-refractivity contribution >= 4 is 11.4 Å². The molecule has 0 atom stereocenters. The molecule has 0 aromatic heterocycles. The van der Waals surface area contributed by atoms with Crippen LogP contribution in [0.1, 0.15) is 45.1 Å². The molecule has 7 nitrogen and oxygen atoms in total. The number of ketones is 1. The summed E-state index contributed by atoms with van der Waals surface area (Å²) in [6.45, 7) is 1.50. The van der Waals surface area contributed by atoms with Crippen molar-refractivity contribution in [3.63, 3.8) is 0 Å². The van der Waals surface area contributed by atoms with Gasteiger partial charge in [0.15, 0.2) is 5.78 Å². The first-order chi connectivity index (χ1) is 12.1. The second-order valence-electron chi connectivity index (χ2n) is 4.70. The Morgan fingerprint density at radius 3 is 1.56 bits per heavy atom. The molecule has 1 aliphatic carbocycles. The molecular weight excluding hydrogens is 316 g/mol. The number of rotatable bonds is 0. The van der Waals surface area contributed by atoms with Gasteiger partial charge in [-0.1, -0.05) is 6.08 Å². The predicted molar refractivity (Wildman–Crippen MR) is 81.5 cm³/mol. The number of nitrogens with zero attached hydrogens (tertiary/aromatic N) is 6. The number of nitriles is 6. The van der Waals surface area contributed by atoms with Gasteiger partial charge in [0.2, 0.25) is 0 Å². The zero-order valence-corrected chi connectivity index (χ0v) is 12.7. The Morgan fingerprint density at radius 2 is 1.20 bits per heavy atom. The van der Waals surface area contributed by atoms with Gasteiger partial charge in [-0.05, 0) is 6.92 Å². The van der Waals surface area contributed by atoms with Gasteiger partial charge in [-0.3, -0.25) is 4.79 Å². The fraction of sp³-hybridized carbons (Fsp3) is 0.0556. The van der Waals surface area contributed by atoms with Crippen LogP contribution in [0.25, 0.3) is 5.57 Å². The molecule has 0 spiro atoms. The molecule has 0 saturated heterocycles. The summed E-state index contributed by atoms with van der Waals surface area (Å²) in [5, 5.41) is 55.9. The minimum Gasteiger partial charge on any atom is -0.289 e. The molecule has 0 unspecified atom stereocenters. The highest BCUT2D eigenvalue weighted by Crippen LogP contribution is 2.44. The van der Waals surface area contributed by atoms with Crippen LogP contribution in [0.2, 0.25) is 0 Å². The maximum atomic E-state index is 12.7. The number of Topliss-reactive ketones (excluding diaryl/α,β-unsaturated/α-hetero) is 1. The third-order valence-electron chi connectivity index (χ3n) is 3.70. The number of fused-ring (bicyclic) bond motifs is 1. The Hall–Kier alpha value is -4.69. The van der Waals surface area contributed by atoms with E-state index in [1.54, 1.807) is 36.4 Å². The Morgan fingerprint density at radius 1 is 0.760 bits per heavy atom. The van der Waals surface area contributed by atoms with Gasteiger partial charge in [0.25, 0.3) is 0 Å². The third-order valence-corrected chi connectivity index (χ3v) is 3.70. The number of hydrogen-bond acceptors (Lipinski definition) is 7. The van der Waals surface area contributed by atoms with Crippen molar-refractivity contribution in [1.82, 2.24) is 0 Å². The number of hydrogen-bond donors (Lipinski definition) is 0. The third kappa shape index (κ3) is 2.04. The van der Waals surface area contributed by atoms with Crippen LogP contribution in [0.3, 0.4) is 0 Å². The summed E-state index contributed by atoms with van der Waals surface area (Å²) in [5.74, 6) is -0.676. The van der Waals surface area contributed by atoms with Crippen LogP contribution in [0.4, 0.5) is 0 Å². The summed E-state index contributed by atoms with van der Waals surface area (Å²) in [6.07, 6.45) is 1.35. The zero-order valence-electron chi connectivity index (χ0n) is 12.7. The minimum absolute atomic E-state index is 0.0277. The largest absolute Gasteiger partial charge is 0.289 e. The molecule has 0 radical (unpaired) electrons. The molecule has 7 heteroatoms. The minimum atomic E-state index is -0.676. The first-order valence-corrected chi connectivity index (χ1v) is 6.66. The van der Waals surface area contributed by atoms with Crippen LogP contribution in [-0.2, 0) is 0 Å². The van der Waals surface area contributed by atoms with Crippen molar-refractivity contribution < 1.29 is 4.79 Å². The fourth-order valence-corrected chi connectivity index (χ4v) is 2.73. The monoisotopic (exact) mass is 320 g/mol. The Labute approximate surface area is 142 Å². The summed E-state index contributed by atoms with van der Waals surface area (Å²) in [5.41, 5.74) is -2.29. The second-order valence-corrected chi connectivity index (χ2v) is 4.70. The highest BCUT2D eigenvalue weighted by molar-refractivity contribution is 6.29. The van der Waals surface area contributed by atoms with E-state index in [4.69, 9.17) is 0 Å². The van der Waals surface area contributed by atoms with Crippen molar-refractivity contribution in [2.24, 2.45) is 0 Å². The summed E-state index contributed by atoms with van der Waals surface area (Å²) >= 11 is 0. The highest BCUT2D eigenvalue weighted by Gasteiger charge is 2.39. The molecule has 1 aromatic carbocycles. The molecule has 0 saturated carbocycles. The maximum absolute atomic E-state index is 12.7. The Kier molecular flexibility index (Phi) is 4.14. The van der Waals surface area contributed by atoms with Gasteiger partial charge in [0.1, 0.15) is 42.0 Å². The van der Waals surface area contributed by atoms with E-state index in [0.717, 1.165) is 0 Å². The number of allylic oxidation sites excluding steroid dienone is 4. The standard InChI is InChI=1S/C18H4N6O/c1-2-10-15(9(3-19)4-20)16-13(7-23)11(5-21)12(6-22)14(8-24)17(16)18(10)25/h2H,1H3/b10-2+. The molecular formula is C18H4N6O. The first kappa shape index (κ1) is 16.7. The lowest BCUT2D eigenvalue weighted by molar-refractivity contribution is 0.104. The van der Waals surface area contributed by atoms with Crippen molar-refractivity contribution in [3.8, 4) is 36.4 Å². The van der Waals surface area contributed by atoms with Crippen LogP contribution in [0.5, 0.6) is 0 Å². The lowest BCUT2D eigenvalue weighted by Gasteiger charge is -2.09. The molecule has 0 fully saturated rings. The van der Waals surface area contributed by atoms with Gasteiger partial charge in [-0.25, -0.2) is 0 Å². The van der Waals surface area contributed by atoms with E-state index >= 15 is 0 Å². The lowest BCUT2D eigenvalue weighted by Crippen LogP contribution is -2.06. The van der Waals surface area contributed by atoms with Crippen molar-refractivity contribution in [1.29, 1.82) is 31.6 Å². The topological polar surface area (TPSA) is 160 Å². The Bertz CT molecular complexity index is 1160. The summed E-state index contributed by atoms with van der Waals surface area (Å²) in [6, 6.07) is 10.2. The van der Waals surface area contributed by atoms with Crippen LogP contribution >= 0.6 is 0 Å². The molecule has 1 aliphatic rings. The van der Waals surface area contributed by atoms with E-state index in [2.05, 4.69) is 0 Å². The maximum Gasteiger partial charge on any atom is 0.195 e. The second kappa shape index (κ2) is 6.20. The summed E-state index contributed by atoms with van der Waals surface area (Å²) in [7, 11) is 0. The molecule has 2 rings (SSSR count). The van der Waals surface area contributed by atoms with Gasteiger partial charge < -0.3 is 0 Å². The van der Waals surface area contributed by atoms with E-state index in [1.807, 2.05) is 0 Å². The summed E-state index contributed by atoms with van der Waals surface area (Å²) < 4.78 is 0. The average Bonchev–Trinajstić information content (AvgIpc) is 2.93. The van der Waals surface area contributed by atoms with Crippen molar-refractivity contribution in [2.45, 2.75) is 6.92 Å². The lowest BCUT2D eigenvalue weighted by atomic mass is 9.87. The van der Waals surface area contributed by atoms with Gasteiger partial charge in [-0.2, -0.15) is 31.6 Å². The molecule has 25 heavy (non-hydrogen) atoms. The quantitative estimate of drug-likeness (QED) is 0.522. The molecule has 0 N–H and O–H groups in total. The van der Waals surface area contributed by atoms with Crippen molar-refractivity contribution in [3.05, 3.63) is 50.6 Å². The number of carbonyl (C=O) groups is 1. The van der Waals surface area contributed by atoms with E-state index in [-0.39, 0.29) is 44.5 Å². The molecule has 0 heterocycles. The van der Waals surface area contributed by atoms with Crippen LogP contribution in [0.15, 0.2) is 17.2 Å². The molecule has 1 aromatic rings. The SMILES string of the molecule is C/C=C1/C(=O)c2c(C#N)c(C#N)c(C#N)c(C#N)c2C1=C(C#N)C#N. The van der Waals surface area contributed by atoms with Gasteiger partial charge in [-0.15, -0.1) is 0 Å². The van der Waals surface area contributed by atoms with Crippen LogP contribution in [0, 0.1) is 68.0 Å². The zero-order chi connectivity index (χ0) is 18.7. The van der Waals surface area contributed by atoms with Gasteiger partial charge in [0.05, 0.1) is 27.8 Å². The fourth-order valence-electron chi connectivity index (χ4n) is 2.73. The molecule has 0 aliphatic heterocycles. The average molecular weight is 320 g/mol. The molecule has 0 bridgehead atoms. The predicted octanol–water partition coefficient (Wildman–Crippen LogP) is 2.12. The van der Waals surface area contributed by atoms with Gasteiger partial charge in [0, 0.05) is 16.7 Å². The van der Waals surface area contributed by atoms with E-state index < -0.39 is 11.4 Å². The van der Waals surface area contributed by atoms with Crippen molar-refractivity contribution in [2.75, 3.05) is 0 Å². The first-order valence-electron chi connectivity index (χ1n) is 6.66. The van der Waals surface area contributed by atoms with Gasteiger partial charge >= 0.3 is 0 Å². The number of carbonyl (C=O) groups excluding carboxylic acids is 1.